The molecule has 11 rings (SSSR count). The molecule has 2 aromatic heterocycles. The molecule has 8 heterocycles. The van der Waals surface area contributed by atoms with E-state index in [1.807, 2.05) is 60.7 Å². The SMILES string of the molecule is Nc1ncnc2c1c(-c1ccc(Oc3ccccc3)cc1)nn2[C@@H]1CCCN(CC2CCN(C(=O)N3CCC(C4CCN(c5ccc6c(c5)C(=O)N(C5CCC(=O)NC5=O)C6=O)CC4)CC3)CC2)C1. The number of benzene rings is 3. The van der Waals surface area contributed by atoms with Crippen LogP contribution in [-0.4, -0.2) is 134 Å². The molecule has 0 spiro atoms. The first-order chi connectivity index (χ1) is 33.6. The topological polar surface area (TPSA) is 192 Å². The Balaban J connectivity index is 0.638. The van der Waals surface area contributed by atoms with E-state index < -0.39 is 29.7 Å². The molecule has 6 aliphatic rings. The van der Waals surface area contributed by atoms with Crippen molar-refractivity contribution < 1.29 is 28.7 Å². The van der Waals surface area contributed by atoms with E-state index in [0.717, 1.165) is 155 Å². The average Bonchev–Trinajstić information content (AvgIpc) is 3.89. The van der Waals surface area contributed by atoms with Gasteiger partial charge < -0.3 is 30.1 Å². The smallest absolute Gasteiger partial charge is 0.319 e. The highest BCUT2D eigenvalue weighted by molar-refractivity contribution is 6.23. The number of urea groups is 1. The lowest BCUT2D eigenvalue weighted by Crippen LogP contribution is -2.54. The summed E-state index contributed by atoms with van der Waals surface area (Å²) in [6.07, 6.45) is 9.89. The zero-order chi connectivity index (χ0) is 47.2. The van der Waals surface area contributed by atoms with Crippen LogP contribution < -0.4 is 20.7 Å². The van der Waals surface area contributed by atoms with Crippen LogP contribution in [0.2, 0.25) is 0 Å². The van der Waals surface area contributed by atoms with E-state index in [2.05, 4.69) is 34.6 Å². The molecule has 0 aliphatic carbocycles. The van der Waals surface area contributed by atoms with Crippen molar-refractivity contribution in [2.45, 2.75) is 76.3 Å². The Morgan fingerprint density at radius 1 is 0.725 bits per heavy atom. The minimum Gasteiger partial charge on any atom is -0.457 e. The first-order valence-corrected chi connectivity index (χ1v) is 24.8. The number of aromatic nitrogens is 4. The molecule has 17 nitrogen and oxygen atoms in total. The predicted molar refractivity (Wildman–Crippen MR) is 258 cm³/mol. The number of nitrogen functional groups attached to an aromatic ring is 1. The van der Waals surface area contributed by atoms with E-state index in [0.29, 0.717) is 34.7 Å². The molecule has 69 heavy (non-hydrogen) atoms. The van der Waals surface area contributed by atoms with Crippen molar-refractivity contribution in [1.82, 2.24) is 44.7 Å². The summed E-state index contributed by atoms with van der Waals surface area (Å²) in [5, 5.41) is 8.20. The lowest BCUT2D eigenvalue weighted by Gasteiger charge is -2.43. The van der Waals surface area contributed by atoms with Crippen LogP contribution in [0, 0.1) is 17.8 Å². The second-order valence-corrected chi connectivity index (χ2v) is 19.8. The standard InChI is InChI=1S/C52H59N11O6/c53-47-45-46(36-8-11-40(12-9-36)69-39-6-2-1-3-7-39)57-63(48(45)55-32-54-47)38-5-4-22-58(31-38)30-33-16-23-60(24-17-33)52(68)61-27-20-35(21-28-61)34-18-25-59(26-19-34)37-10-13-41-42(29-37)51(67)62(50(41)66)43-14-15-44(64)56-49(43)65/h1-3,6-13,29,32-35,38,43H,4-5,14-28,30-31H2,(H2,53,54,55)(H,56,64,65)/t38-,43?/m1/s1. The highest BCUT2D eigenvalue weighted by atomic mass is 16.5. The van der Waals surface area contributed by atoms with E-state index in [4.69, 9.17) is 20.6 Å². The van der Waals surface area contributed by atoms with E-state index >= 15 is 0 Å². The summed E-state index contributed by atoms with van der Waals surface area (Å²) in [6.45, 7) is 7.77. The Hall–Kier alpha value is -6.88. The molecule has 1 unspecified atom stereocenters. The van der Waals surface area contributed by atoms with Gasteiger partial charge in [0, 0.05) is 70.0 Å². The second-order valence-electron chi connectivity index (χ2n) is 19.8. The van der Waals surface area contributed by atoms with Crippen LogP contribution in [0.15, 0.2) is 79.1 Å². The van der Waals surface area contributed by atoms with Gasteiger partial charge in [0.05, 0.1) is 22.6 Å². The maximum absolute atomic E-state index is 13.8. The van der Waals surface area contributed by atoms with Gasteiger partial charge in [0.15, 0.2) is 5.65 Å². The molecule has 0 bridgehead atoms. The number of carbonyl (C=O) groups is 5. The largest absolute Gasteiger partial charge is 0.457 e. The number of carbonyl (C=O) groups excluding carboxylic acids is 5. The van der Waals surface area contributed by atoms with Crippen molar-refractivity contribution in [3.63, 3.8) is 0 Å². The van der Waals surface area contributed by atoms with E-state index in [-0.39, 0.29) is 24.9 Å². The van der Waals surface area contributed by atoms with Crippen LogP contribution in [0.4, 0.5) is 16.3 Å². The van der Waals surface area contributed by atoms with Crippen molar-refractivity contribution in [3.8, 4) is 22.8 Å². The number of amides is 6. The van der Waals surface area contributed by atoms with Crippen LogP contribution in [-0.2, 0) is 9.59 Å². The molecule has 0 saturated carbocycles. The molecule has 5 saturated heterocycles. The number of nitrogens with zero attached hydrogens (tertiary/aromatic N) is 9. The molecule has 358 valence electrons. The number of likely N-dealkylation sites (tertiary alicyclic amines) is 3. The summed E-state index contributed by atoms with van der Waals surface area (Å²) in [4.78, 5) is 83.7. The van der Waals surface area contributed by atoms with Gasteiger partial charge >= 0.3 is 6.03 Å². The highest BCUT2D eigenvalue weighted by Crippen LogP contribution is 2.38. The van der Waals surface area contributed by atoms with Crippen molar-refractivity contribution in [3.05, 3.63) is 90.3 Å². The van der Waals surface area contributed by atoms with Gasteiger partial charge in [0.2, 0.25) is 11.8 Å². The fourth-order valence-corrected chi connectivity index (χ4v) is 11.9. The number of fused-ring (bicyclic) bond motifs is 2. The van der Waals surface area contributed by atoms with E-state index in [1.54, 1.807) is 12.1 Å². The molecule has 5 aromatic rings. The van der Waals surface area contributed by atoms with Crippen LogP contribution in [0.5, 0.6) is 11.5 Å². The number of hydrogen-bond acceptors (Lipinski definition) is 12. The molecule has 3 aromatic carbocycles. The Kier molecular flexibility index (Phi) is 12.2. The van der Waals surface area contributed by atoms with Gasteiger partial charge in [-0.15, -0.1) is 0 Å². The van der Waals surface area contributed by atoms with Gasteiger partial charge in [-0.3, -0.25) is 29.4 Å². The summed E-state index contributed by atoms with van der Waals surface area (Å²) < 4.78 is 8.11. The van der Waals surface area contributed by atoms with Gasteiger partial charge in [-0.1, -0.05) is 18.2 Å². The summed E-state index contributed by atoms with van der Waals surface area (Å²) in [5.74, 6) is 1.64. The summed E-state index contributed by atoms with van der Waals surface area (Å²) in [5.41, 5.74) is 10.5. The molecular formula is C52H59N11O6. The number of nitrogens with one attached hydrogen (secondary N) is 1. The third kappa shape index (κ3) is 8.88. The Morgan fingerprint density at radius 3 is 2.13 bits per heavy atom. The third-order valence-electron chi connectivity index (χ3n) is 15.7. The van der Waals surface area contributed by atoms with Crippen molar-refractivity contribution in [2.75, 3.05) is 69.5 Å². The number of nitrogens with two attached hydrogens (primary N) is 1. The van der Waals surface area contributed by atoms with Gasteiger partial charge in [0.25, 0.3) is 11.8 Å². The number of hydrogen-bond donors (Lipinski definition) is 2. The monoisotopic (exact) mass is 933 g/mol. The number of rotatable bonds is 9. The van der Waals surface area contributed by atoms with E-state index in [9.17, 15) is 24.0 Å². The second kappa shape index (κ2) is 18.9. The zero-order valence-corrected chi connectivity index (χ0v) is 38.9. The fourth-order valence-electron chi connectivity index (χ4n) is 11.9. The molecule has 6 aliphatic heterocycles. The minimum atomic E-state index is -0.975. The molecular weight excluding hydrogens is 875 g/mol. The Bertz CT molecular complexity index is 2760. The van der Waals surface area contributed by atoms with Crippen molar-refractivity contribution in [2.24, 2.45) is 17.8 Å². The number of anilines is 2. The summed E-state index contributed by atoms with van der Waals surface area (Å²) >= 11 is 0. The first-order valence-electron chi connectivity index (χ1n) is 24.8. The van der Waals surface area contributed by atoms with Crippen LogP contribution >= 0.6 is 0 Å². The highest BCUT2D eigenvalue weighted by Gasteiger charge is 2.45. The normalized spacial score (nSPS) is 22.4. The van der Waals surface area contributed by atoms with Crippen LogP contribution in [0.25, 0.3) is 22.3 Å². The van der Waals surface area contributed by atoms with Gasteiger partial charge in [-0.25, -0.2) is 19.4 Å². The third-order valence-corrected chi connectivity index (χ3v) is 15.7. The minimum absolute atomic E-state index is 0.0916. The Morgan fingerprint density at radius 2 is 1.41 bits per heavy atom. The van der Waals surface area contributed by atoms with Crippen molar-refractivity contribution in [1.29, 1.82) is 0 Å². The molecule has 0 radical (unpaired) electrons. The Labute approximate surface area is 400 Å². The summed E-state index contributed by atoms with van der Waals surface area (Å²) in [7, 11) is 0. The molecule has 2 atom stereocenters. The van der Waals surface area contributed by atoms with Crippen LogP contribution in [0.3, 0.4) is 0 Å². The van der Waals surface area contributed by atoms with Gasteiger partial charge in [0.1, 0.15) is 35.4 Å². The van der Waals surface area contributed by atoms with Gasteiger partial charge in [-0.05, 0) is 137 Å². The number of para-hydroxylation sites is 1. The first kappa shape index (κ1) is 44.6. The molecule has 3 N–H and O–H groups in total. The number of ether oxygens (including phenoxy) is 1. The fraction of sp³-hybridized carbons (Fsp3) is 0.462. The quantitative estimate of drug-likeness (QED) is 0.156. The maximum Gasteiger partial charge on any atom is 0.319 e. The van der Waals surface area contributed by atoms with E-state index in [1.165, 1.54) is 6.33 Å². The molecule has 5 fully saturated rings. The van der Waals surface area contributed by atoms with Crippen LogP contribution in [0.1, 0.15) is 91.0 Å². The molecule has 17 heteroatoms. The lowest BCUT2D eigenvalue weighted by atomic mass is 9.78. The van der Waals surface area contributed by atoms with Gasteiger partial charge in [-0.2, -0.15) is 5.10 Å². The number of imide groups is 2. The average molecular weight is 934 g/mol. The lowest BCUT2D eigenvalue weighted by molar-refractivity contribution is -0.136. The molecule has 6 amide bonds. The maximum atomic E-state index is 13.8. The zero-order valence-electron chi connectivity index (χ0n) is 38.9. The summed E-state index contributed by atoms with van der Waals surface area (Å²) in [6, 6.07) is 22.4. The van der Waals surface area contributed by atoms with Crippen molar-refractivity contribution >= 4 is 52.2 Å². The number of piperidine rings is 5. The predicted octanol–water partition coefficient (Wildman–Crippen LogP) is 6.37.